The summed E-state index contributed by atoms with van der Waals surface area (Å²) in [6.45, 7) is 2.18. The van der Waals surface area contributed by atoms with Crippen molar-refractivity contribution in [1.29, 1.82) is 0 Å². The van der Waals surface area contributed by atoms with Crippen LogP contribution < -0.4 is 10.0 Å². The van der Waals surface area contributed by atoms with Crippen LogP contribution in [0.4, 0.5) is 5.69 Å². The van der Waals surface area contributed by atoms with E-state index in [1.54, 1.807) is 12.1 Å². The molecule has 0 fully saturated rings. The number of fused-ring (bicyclic) bond motifs is 1. The molecule has 0 saturated heterocycles. The lowest BCUT2D eigenvalue weighted by Gasteiger charge is -2.17. The fourth-order valence-corrected chi connectivity index (χ4v) is 5.21. The van der Waals surface area contributed by atoms with Gasteiger partial charge in [0.1, 0.15) is 5.01 Å². The van der Waals surface area contributed by atoms with Crippen LogP contribution in [0.2, 0.25) is 0 Å². The number of sulfonamides is 1. The Bertz CT molecular complexity index is 864. The van der Waals surface area contributed by atoms with Crippen molar-refractivity contribution in [2.75, 3.05) is 17.6 Å². The summed E-state index contributed by atoms with van der Waals surface area (Å²) in [5, 5.41) is 11.5. The van der Waals surface area contributed by atoms with Gasteiger partial charge in [-0.3, -0.25) is 4.79 Å². The van der Waals surface area contributed by atoms with Gasteiger partial charge in [-0.2, -0.15) is 0 Å². The number of benzene rings is 1. The van der Waals surface area contributed by atoms with E-state index >= 15 is 0 Å². The van der Waals surface area contributed by atoms with Crippen LogP contribution in [0, 0.1) is 6.92 Å². The summed E-state index contributed by atoms with van der Waals surface area (Å²) in [5.41, 5.74) is 1.53. The number of hydrogen-bond acceptors (Lipinski definition) is 7. The number of aryl methyl sites for hydroxylation is 2. The number of carbonyl (C=O) groups is 1. The molecule has 128 valence electrons. The molecule has 10 heteroatoms. The Labute approximate surface area is 148 Å². The van der Waals surface area contributed by atoms with E-state index in [0.717, 1.165) is 14.9 Å². The van der Waals surface area contributed by atoms with Gasteiger partial charge in [-0.05, 0) is 37.1 Å². The molecule has 2 aromatic rings. The number of aromatic nitrogens is 2. The molecular weight excluding hydrogens is 368 g/mol. The van der Waals surface area contributed by atoms with Crippen LogP contribution in [0.5, 0.6) is 0 Å². The molecule has 1 aromatic heterocycles. The van der Waals surface area contributed by atoms with E-state index in [9.17, 15) is 13.2 Å². The Morgan fingerprint density at radius 3 is 2.92 bits per heavy atom. The van der Waals surface area contributed by atoms with Crippen LogP contribution in [0.15, 0.2) is 27.4 Å². The molecule has 0 spiro atoms. The average molecular weight is 385 g/mol. The third kappa shape index (κ3) is 4.12. The molecule has 0 atom stereocenters. The second-order valence-corrected chi connectivity index (χ2v) is 9.49. The number of nitrogens with zero attached hydrogens (tertiary/aromatic N) is 2. The largest absolute Gasteiger partial charge is 0.326 e. The van der Waals surface area contributed by atoms with Gasteiger partial charge < -0.3 is 5.32 Å². The van der Waals surface area contributed by atoms with Crippen LogP contribution in [-0.2, 0) is 21.2 Å². The van der Waals surface area contributed by atoms with Crippen molar-refractivity contribution in [1.82, 2.24) is 14.9 Å². The van der Waals surface area contributed by atoms with E-state index < -0.39 is 10.0 Å². The lowest BCUT2D eigenvalue weighted by Crippen LogP contribution is -2.26. The van der Waals surface area contributed by atoms with Crippen LogP contribution in [0.1, 0.15) is 17.0 Å². The summed E-state index contributed by atoms with van der Waals surface area (Å²) < 4.78 is 28.1. The highest BCUT2D eigenvalue weighted by Gasteiger charge is 2.19. The van der Waals surface area contributed by atoms with Crippen molar-refractivity contribution < 1.29 is 13.2 Å². The summed E-state index contributed by atoms with van der Waals surface area (Å²) in [6.07, 6.45) is 0.929. The van der Waals surface area contributed by atoms with E-state index in [0.29, 0.717) is 30.8 Å². The first-order valence-corrected chi connectivity index (χ1v) is 10.6. The Balaban J connectivity index is 1.60. The monoisotopic (exact) mass is 384 g/mol. The fraction of sp³-hybridized carbons (Fsp3) is 0.357. The van der Waals surface area contributed by atoms with E-state index in [1.807, 2.05) is 6.92 Å². The lowest BCUT2D eigenvalue weighted by molar-refractivity contribution is -0.116. The topological polar surface area (TPSA) is 101 Å². The molecule has 24 heavy (non-hydrogen) atoms. The average Bonchev–Trinajstić information content (AvgIpc) is 2.96. The first kappa shape index (κ1) is 17.3. The standard InChI is InChI=1S/C14H16N4O3S3/c1-9-17-18-14(23-9)22-7-6-15-24(20,21)11-3-4-12-10(8-11)2-5-13(19)16-12/h3-4,8,15H,2,5-7H2,1H3,(H,16,19). The smallest absolute Gasteiger partial charge is 0.240 e. The molecule has 7 nitrogen and oxygen atoms in total. The molecule has 1 aliphatic heterocycles. The first-order valence-electron chi connectivity index (χ1n) is 7.29. The van der Waals surface area contributed by atoms with E-state index in [-0.39, 0.29) is 10.8 Å². The minimum atomic E-state index is -3.57. The molecule has 0 saturated carbocycles. The van der Waals surface area contributed by atoms with Crippen molar-refractivity contribution in [3.63, 3.8) is 0 Å². The summed E-state index contributed by atoms with van der Waals surface area (Å²) in [4.78, 5) is 11.6. The third-order valence-electron chi connectivity index (χ3n) is 3.41. The predicted molar refractivity (Wildman–Crippen MR) is 94.0 cm³/mol. The Morgan fingerprint density at radius 1 is 1.33 bits per heavy atom. The Kier molecular flexibility index (Phi) is 5.18. The highest BCUT2D eigenvalue weighted by molar-refractivity contribution is 8.01. The zero-order valence-electron chi connectivity index (χ0n) is 12.9. The van der Waals surface area contributed by atoms with Crippen molar-refractivity contribution in [3.05, 3.63) is 28.8 Å². The molecule has 0 aliphatic carbocycles. The second kappa shape index (κ2) is 7.18. The van der Waals surface area contributed by atoms with Gasteiger partial charge in [-0.1, -0.05) is 23.1 Å². The first-order chi connectivity index (χ1) is 11.4. The summed E-state index contributed by atoms with van der Waals surface area (Å²) in [5.74, 6) is 0.537. The molecule has 0 radical (unpaired) electrons. The van der Waals surface area contributed by atoms with E-state index in [2.05, 4.69) is 20.2 Å². The summed E-state index contributed by atoms with van der Waals surface area (Å²) in [6, 6.07) is 4.77. The number of anilines is 1. The normalized spacial score (nSPS) is 14.3. The van der Waals surface area contributed by atoms with Gasteiger partial charge in [0, 0.05) is 24.4 Å². The molecule has 2 heterocycles. The molecule has 1 aromatic carbocycles. The SMILES string of the molecule is Cc1nnc(SCCNS(=O)(=O)c2ccc3c(c2)CCC(=O)N3)s1. The van der Waals surface area contributed by atoms with E-state index in [1.165, 1.54) is 29.2 Å². The number of hydrogen-bond donors (Lipinski definition) is 2. The number of thioether (sulfide) groups is 1. The van der Waals surface area contributed by atoms with Crippen molar-refractivity contribution in [2.24, 2.45) is 0 Å². The highest BCUT2D eigenvalue weighted by atomic mass is 32.2. The van der Waals surface area contributed by atoms with Crippen LogP contribution in [-0.4, -0.2) is 36.8 Å². The zero-order valence-corrected chi connectivity index (χ0v) is 15.4. The fourth-order valence-electron chi connectivity index (χ4n) is 2.26. The molecule has 2 N–H and O–H groups in total. The van der Waals surface area contributed by atoms with Crippen LogP contribution in [0.25, 0.3) is 0 Å². The van der Waals surface area contributed by atoms with Crippen LogP contribution >= 0.6 is 23.1 Å². The van der Waals surface area contributed by atoms with Gasteiger partial charge in [0.05, 0.1) is 4.90 Å². The van der Waals surface area contributed by atoms with Crippen molar-refractivity contribution in [2.45, 2.75) is 29.0 Å². The van der Waals surface area contributed by atoms with Crippen LogP contribution in [0.3, 0.4) is 0 Å². The van der Waals surface area contributed by atoms with Gasteiger partial charge >= 0.3 is 0 Å². The molecular formula is C14H16N4O3S3. The van der Waals surface area contributed by atoms with Gasteiger partial charge in [-0.15, -0.1) is 10.2 Å². The summed E-state index contributed by atoms with van der Waals surface area (Å²) in [7, 11) is -3.57. The van der Waals surface area contributed by atoms with Gasteiger partial charge in [0.25, 0.3) is 0 Å². The predicted octanol–water partition coefficient (Wildman–Crippen LogP) is 1.80. The van der Waals surface area contributed by atoms with Crippen molar-refractivity contribution in [3.8, 4) is 0 Å². The third-order valence-corrected chi connectivity index (χ3v) is 6.84. The highest BCUT2D eigenvalue weighted by Crippen LogP contribution is 2.25. The van der Waals surface area contributed by atoms with Gasteiger partial charge in [0.15, 0.2) is 4.34 Å². The zero-order chi connectivity index (χ0) is 17.2. The lowest BCUT2D eigenvalue weighted by atomic mass is 10.0. The Morgan fingerprint density at radius 2 is 2.17 bits per heavy atom. The molecule has 3 rings (SSSR count). The maximum absolute atomic E-state index is 12.4. The number of rotatable bonds is 6. The minimum Gasteiger partial charge on any atom is -0.326 e. The number of amides is 1. The number of nitrogens with one attached hydrogen (secondary N) is 2. The molecule has 0 bridgehead atoms. The van der Waals surface area contributed by atoms with E-state index in [4.69, 9.17) is 0 Å². The maximum atomic E-state index is 12.4. The number of carbonyl (C=O) groups excluding carboxylic acids is 1. The van der Waals surface area contributed by atoms with Crippen molar-refractivity contribution >= 4 is 44.7 Å². The van der Waals surface area contributed by atoms with Gasteiger partial charge in [0.2, 0.25) is 15.9 Å². The summed E-state index contributed by atoms with van der Waals surface area (Å²) >= 11 is 2.96. The maximum Gasteiger partial charge on any atom is 0.240 e. The molecule has 1 aliphatic rings. The second-order valence-electron chi connectivity index (χ2n) is 5.20. The quantitative estimate of drug-likeness (QED) is 0.582. The molecule has 0 unspecified atom stereocenters. The Hall–Kier alpha value is -1.49. The molecule has 1 amide bonds. The van der Waals surface area contributed by atoms with Gasteiger partial charge in [-0.25, -0.2) is 13.1 Å². The minimum absolute atomic E-state index is 0.0415.